The Labute approximate surface area is 229 Å². The van der Waals surface area contributed by atoms with Gasteiger partial charge in [0.05, 0.1) is 10.6 Å². The number of aliphatic imine (C=N–C) groups is 1. The maximum Gasteiger partial charge on any atom is 0.235 e. The first-order valence-corrected chi connectivity index (χ1v) is 12.8. The van der Waals surface area contributed by atoms with Crippen molar-refractivity contribution in [2.45, 2.75) is 34.2 Å². The topological polar surface area (TPSA) is 114 Å². The van der Waals surface area contributed by atoms with Gasteiger partial charge in [-0.15, -0.1) is 21.5 Å². The van der Waals surface area contributed by atoms with Crippen molar-refractivity contribution in [3.63, 3.8) is 0 Å². The summed E-state index contributed by atoms with van der Waals surface area (Å²) >= 11 is 7.74. The number of amides is 2. The summed E-state index contributed by atoms with van der Waals surface area (Å²) in [5.41, 5.74) is 9.05. The monoisotopic (exact) mass is 545 g/mol. The summed E-state index contributed by atoms with van der Waals surface area (Å²) in [7, 11) is 0. The van der Waals surface area contributed by atoms with Gasteiger partial charge in [0.25, 0.3) is 0 Å². The van der Waals surface area contributed by atoms with E-state index in [1.807, 2.05) is 49.4 Å². The summed E-state index contributed by atoms with van der Waals surface area (Å²) < 4.78 is 2.09. The van der Waals surface area contributed by atoms with E-state index in [2.05, 4.69) is 49.4 Å². The predicted octanol–water partition coefficient (Wildman–Crippen LogP) is 3.92. The molecule has 4 aromatic rings. The van der Waals surface area contributed by atoms with E-state index in [9.17, 15) is 9.59 Å². The highest BCUT2D eigenvalue weighted by Crippen LogP contribution is 2.36. The van der Waals surface area contributed by atoms with Crippen LogP contribution in [0.1, 0.15) is 52.8 Å². The van der Waals surface area contributed by atoms with Crippen LogP contribution in [0, 0.1) is 25.7 Å². The fourth-order valence-corrected chi connectivity index (χ4v) is 4.99. The summed E-state index contributed by atoms with van der Waals surface area (Å²) in [5.74, 6) is 7.58. The Morgan fingerprint density at radius 1 is 1.00 bits per heavy atom. The Morgan fingerprint density at radius 2 is 1.71 bits per heavy atom. The molecule has 0 spiro atoms. The lowest BCUT2D eigenvalue weighted by molar-refractivity contribution is -0.126. The van der Waals surface area contributed by atoms with Gasteiger partial charge >= 0.3 is 0 Å². The first-order valence-electron chi connectivity index (χ1n) is 11.6. The van der Waals surface area contributed by atoms with Crippen LogP contribution in [-0.4, -0.2) is 37.3 Å². The third-order valence-corrected chi connectivity index (χ3v) is 6.78. The summed E-state index contributed by atoms with van der Waals surface area (Å²) in [6.07, 6.45) is 1.75. The maximum absolute atomic E-state index is 10.0. The molecule has 0 bridgehead atoms. The second kappa shape index (κ2) is 11.8. The third-order valence-electron chi connectivity index (χ3n) is 5.34. The number of aromatic nitrogens is 4. The molecular weight excluding hydrogens is 522 g/mol. The fraction of sp³-hybridized carbons (Fsp3) is 0.185. The number of carbonyl (C=O) groups is 2. The number of hydrazine groups is 1. The van der Waals surface area contributed by atoms with Crippen LogP contribution >= 0.6 is 22.9 Å². The number of nitrogens with one attached hydrogen (secondary N) is 2. The fourth-order valence-electron chi connectivity index (χ4n) is 3.63. The van der Waals surface area contributed by atoms with Crippen molar-refractivity contribution in [3.8, 4) is 16.8 Å². The maximum atomic E-state index is 10.0. The Bertz CT molecular complexity index is 1570. The van der Waals surface area contributed by atoms with Crippen LogP contribution in [0.5, 0.6) is 0 Å². The molecule has 2 N–H and O–H groups in total. The van der Waals surface area contributed by atoms with E-state index in [1.165, 1.54) is 13.8 Å². The van der Waals surface area contributed by atoms with E-state index in [4.69, 9.17) is 16.6 Å². The van der Waals surface area contributed by atoms with Crippen molar-refractivity contribution in [1.82, 2.24) is 30.6 Å². The number of benzene rings is 1. The third kappa shape index (κ3) is 6.14. The van der Waals surface area contributed by atoms with E-state index in [0.29, 0.717) is 11.6 Å². The number of aryl methyl sites for hydroxylation is 1. The van der Waals surface area contributed by atoms with Crippen LogP contribution in [0.4, 0.5) is 0 Å². The summed E-state index contributed by atoms with van der Waals surface area (Å²) in [4.78, 5) is 30.2. The number of halogens is 1. The largest absolute Gasteiger partial charge is 0.276 e. The molecule has 0 saturated heterocycles. The smallest absolute Gasteiger partial charge is 0.235 e. The lowest BCUT2D eigenvalue weighted by Crippen LogP contribution is -2.38. The van der Waals surface area contributed by atoms with Crippen LogP contribution in [0.2, 0.25) is 5.02 Å². The number of thiophene rings is 1. The first-order chi connectivity index (χ1) is 18.2. The molecule has 192 valence electrons. The van der Waals surface area contributed by atoms with Crippen molar-refractivity contribution in [1.29, 1.82) is 0 Å². The zero-order valence-electron chi connectivity index (χ0n) is 21.2. The van der Waals surface area contributed by atoms with Gasteiger partial charge in [0, 0.05) is 36.2 Å². The predicted molar refractivity (Wildman–Crippen MR) is 147 cm³/mol. The lowest BCUT2D eigenvalue weighted by Gasteiger charge is -2.09. The quantitative estimate of drug-likeness (QED) is 0.278. The van der Waals surface area contributed by atoms with E-state index < -0.39 is 0 Å². The van der Waals surface area contributed by atoms with Crippen molar-refractivity contribution in [2.75, 3.05) is 0 Å². The number of pyridine rings is 1. The summed E-state index contributed by atoms with van der Waals surface area (Å²) in [5, 5.41) is 10.3. The minimum absolute atomic E-state index is 0.278. The second-order valence-electron chi connectivity index (χ2n) is 8.23. The Balaban J connectivity index is 0.000000368. The molecule has 0 radical (unpaired) electrons. The van der Waals surface area contributed by atoms with Gasteiger partial charge in [-0.1, -0.05) is 29.8 Å². The molecule has 0 saturated carbocycles. The van der Waals surface area contributed by atoms with Gasteiger partial charge in [0.15, 0.2) is 5.82 Å². The number of hydrogen-bond acceptors (Lipinski definition) is 7. The second-order valence-corrected chi connectivity index (χ2v) is 9.67. The number of rotatable bonds is 1. The molecular formula is C27H24ClN7O2S. The molecule has 1 aliphatic heterocycles. The molecule has 4 heterocycles. The van der Waals surface area contributed by atoms with E-state index >= 15 is 0 Å². The molecule has 1 aromatic carbocycles. The first kappa shape index (κ1) is 26.7. The Kier molecular flexibility index (Phi) is 8.31. The van der Waals surface area contributed by atoms with E-state index in [0.717, 1.165) is 49.6 Å². The van der Waals surface area contributed by atoms with Crippen LogP contribution in [0.15, 0.2) is 53.7 Å². The van der Waals surface area contributed by atoms with E-state index in [1.54, 1.807) is 17.5 Å². The molecule has 11 heteroatoms. The van der Waals surface area contributed by atoms with Gasteiger partial charge in [-0.05, 0) is 55.5 Å². The highest BCUT2D eigenvalue weighted by atomic mass is 35.5. The lowest BCUT2D eigenvalue weighted by atomic mass is 10.00. The normalized spacial score (nSPS) is 11.3. The standard InChI is InChI=1S/C23H16ClN5S.C4H8N2O2/c1-14-19(11-10-18-5-3-4-12-25-18)30-23-21(14)22(16-6-8-17(24)9-7-16)26-13-20-28-27-15(2)29(20)23;1-3(7)5-6-4(2)8/h3-9,12H,13H2,1-2H3;1-2H3,(H,5,7)(H,6,8). The van der Waals surface area contributed by atoms with Gasteiger partial charge in [0.2, 0.25) is 11.8 Å². The van der Waals surface area contributed by atoms with Gasteiger partial charge in [-0.2, -0.15) is 0 Å². The van der Waals surface area contributed by atoms with Crippen molar-refractivity contribution in [3.05, 3.63) is 92.6 Å². The van der Waals surface area contributed by atoms with Crippen molar-refractivity contribution in [2.24, 2.45) is 4.99 Å². The van der Waals surface area contributed by atoms with Crippen LogP contribution < -0.4 is 10.9 Å². The molecule has 0 aliphatic carbocycles. The van der Waals surface area contributed by atoms with Crippen molar-refractivity contribution < 1.29 is 9.59 Å². The van der Waals surface area contributed by atoms with Gasteiger partial charge in [-0.25, -0.2) is 4.98 Å². The minimum Gasteiger partial charge on any atom is -0.276 e. The Morgan fingerprint density at radius 3 is 2.34 bits per heavy atom. The highest BCUT2D eigenvalue weighted by molar-refractivity contribution is 7.15. The molecule has 2 amide bonds. The minimum atomic E-state index is -0.278. The molecule has 5 rings (SSSR count). The molecule has 1 aliphatic rings. The molecule has 3 aromatic heterocycles. The van der Waals surface area contributed by atoms with Crippen LogP contribution in [0.25, 0.3) is 5.00 Å². The zero-order valence-corrected chi connectivity index (χ0v) is 22.7. The Hall–Kier alpha value is -4.33. The van der Waals surface area contributed by atoms with Gasteiger partial charge in [0.1, 0.15) is 23.1 Å². The highest BCUT2D eigenvalue weighted by Gasteiger charge is 2.27. The number of carbonyl (C=O) groups excluding carboxylic acids is 2. The van der Waals surface area contributed by atoms with Gasteiger partial charge in [-0.3, -0.25) is 30.0 Å². The number of hydrogen-bond donors (Lipinski definition) is 2. The summed E-state index contributed by atoms with van der Waals surface area (Å²) in [6.45, 7) is 7.15. The van der Waals surface area contributed by atoms with E-state index in [-0.39, 0.29) is 11.8 Å². The van der Waals surface area contributed by atoms with Crippen molar-refractivity contribution >= 4 is 40.5 Å². The molecule has 0 fully saturated rings. The van der Waals surface area contributed by atoms with Crippen LogP contribution in [0.3, 0.4) is 0 Å². The molecule has 0 atom stereocenters. The molecule has 9 nitrogen and oxygen atoms in total. The number of fused-ring (bicyclic) bond motifs is 3. The molecule has 38 heavy (non-hydrogen) atoms. The average molecular weight is 546 g/mol. The summed E-state index contributed by atoms with van der Waals surface area (Å²) in [6, 6.07) is 13.5. The van der Waals surface area contributed by atoms with Gasteiger partial charge < -0.3 is 0 Å². The number of nitrogens with zero attached hydrogens (tertiary/aromatic N) is 5. The molecule has 0 unspecified atom stereocenters. The van der Waals surface area contributed by atoms with Crippen LogP contribution in [-0.2, 0) is 16.1 Å². The zero-order chi connectivity index (χ0) is 27.2. The SMILES string of the molecule is CC(=O)NNC(C)=O.Cc1c(C#Cc2ccccn2)sc2c1C(c1ccc(Cl)cc1)=NCc1nnc(C)n1-2. The average Bonchev–Trinajstić information content (AvgIpc) is 3.36.